The summed E-state index contributed by atoms with van der Waals surface area (Å²) < 4.78 is 23.1. The highest BCUT2D eigenvalue weighted by Gasteiger charge is 2.10. The number of carbonyl (C=O) groups excluding carboxylic acids is 1. The Morgan fingerprint density at radius 3 is 2.29 bits per heavy atom. The average Bonchev–Trinajstić information content (AvgIpc) is 2.41. The molecule has 0 aliphatic rings. The van der Waals surface area contributed by atoms with Gasteiger partial charge in [0.1, 0.15) is 0 Å². The van der Waals surface area contributed by atoms with Crippen molar-refractivity contribution in [3.05, 3.63) is 56.6 Å². The zero-order valence-corrected chi connectivity index (χ0v) is 14.2. The lowest BCUT2D eigenvalue weighted by Gasteiger charge is -2.07. The van der Waals surface area contributed by atoms with E-state index >= 15 is 0 Å². The predicted octanol–water partition coefficient (Wildman–Crippen LogP) is 2.84. The van der Waals surface area contributed by atoms with Crippen LogP contribution in [0.2, 0.25) is 5.02 Å². The lowest BCUT2D eigenvalue weighted by atomic mass is 10.2. The van der Waals surface area contributed by atoms with Crippen molar-refractivity contribution in [2.24, 2.45) is 5.14 Å². The Bertz CT molecular complexity index is 792. The van der Waals surface area contributed by atoms with Gasteiger partial charge < -0.3 is 5.32 Å². The lowest BCUT2D eigenvalue weighted by Crippen LogP contribution is -2.14. The summed E-state index contributed by atoms with van der Waals surface area (Å²) in [6, 6.07) is 10.5. The number of nitrogens with two attached hydrogens (primary N) is 1. The molecule has 8 heteroatoms. The molecule has 0 unspecified atom stereocenters. The normalized spacial score (nSPS) is 11.2. The third-order valence-corrected chi connectivity index (χ3v) is 5.12. The van der Waals surface area contributed by atoms with Crippen molar-refractivity contribution in [1.29, 1.82) is 0 Å². The number of amides is 1. The first-order chi connectivity index (χ1) is 9.77. The second-order valence-corrected chi connectivity index (χ2v) is 7.28. The molecule has 0 spiro atoms. The Morgan fingerprint density at radius 2 is 1.76 bits per heavy atom. The number of carbonyl (C=O) groups is 1. The topological polar surface area (TPSA) is 89.3 Å². The Kier molecular flexibility index (Phi) is 4.87. The molecule has 1 amide bonds. The summed E-state index contributed by atoms with van der Waals surface area (Å²) in [7, 11) is -3.74. The van der Waals surface area contributed by atoms with Gasteiger partial charge in [-0.2, -0.15) is 0 Å². The molecule has 110 valence electrons. The van der Waals surface area contributed by atoms with Gasteiger partial charge in [-0.05, 0) is 65.1 Å². The largest absolute Gasteiger partial charge is 0.322 e. The summed E-state index contributed by atoms with van der Waals surface area (Å²) in [5, 5.41) is 8.14. The Hall–Kier alpha value is -1.16. The molecule has 0 atom stereocenters. The van der Waals surface area contributed by atoms with Crippen molar-refractivity contribution in [3.8, 4) is 0 Å². The van der Waals surface area contributed by atoms with Crippen LogP contribution in [-0.2, 0) is 10.0 Å². The average molecular weight is 437 g/mol. The molecule has 3 N–H and O–H groups in total. The van der Waals surface area contributed by atoms with E-state index in [1.54, 1.807) is 18.2 Å². The van der Waals surface area contributed by atoms with Gasteiger partial charge in [-0.3, -0.25) is 4.79 Å². The number of primary sulfonamides is 1. The van der Waals surface area contributed by atoms with E-state index in [9.17, 15) is 13.2 Å². The van der Waals surface area contributed by atoms with Crippen LogP contribution >= 0.6 is 34.2 Å². The standard InChI is InChI=1S/C13H10ClIN2O3S/c14-11-7-8(1-6-12(11)15)13(18)17-9-2-4-10(5-3-9)21(16,19)20/h1-7H,(H,17,18)(H2,16,19,20). The van der Waals surface area contributed by atoms with Crippen molar-refractivity contribution in [1.82, 2.24) is 0 Å². The molecule has 0 bridgehead atoms. The van der Waals surface area contributed by atoms with Crippen LogP contribution in [0, 0.1) is 3.57 Å². The van der Waals surface area contributed by atoms with Gasteiger partial charge >= 0.3 is 0 Å². The van der Waals surface area contributed by atoms with Gasteiger partial charge in [0.15, 0.2) is 0 Å². The molecule has 0 heterocycles. The number of halogens is 2. The summed E-state index contributed by atoms with van der Waals surface area (Å²) in [5.74, 6) is -0.336. The number of benzene rings is 2. The second-order valence-electron chi connectivity index (χ2n) is 4.15. The maximum Gasteiger partial charge on any atom is 0.255 e. The number of anilines is 1. The summed E-state index contributed by atoms with van der Waals surface area (Å²) in [6.45, 7) is 0. The SMILES string of the molecule is NS(=O)(=O)c1ccc(NC(=O)c2ccc(I)c(Cl)c2)cc1. The van der Waals surface area contributed by atoms with E-state index in [4.69, 9.17) is 16.7 Å². The molecule has 21 heavy (non-hydrogen) atoms. The Balaban J connectivity index is 2.18. The molecule has 2 rings (SSSR count). The van der Waals surface area contributed by atoms with Crippen LogP contribution in [0.4, 0.5) is 5.69 Å². The monoisotopic (exact) mass is 436 g/mol. The van der Waals surface area contributed by atoms with Crippen molar-refractivity contribution in [2.45, 2.75) is 4.90 Å². The van der Waals surface area contributed by atoms with Crippen molar-refractivity contribution in [2.75, 3.05) is 5.32 Å². The maximum absolute atomic E-state index is 12.0. The first-order valence-corrected chi connectivity index (χ1v) is 8.67. The third kappa shape index (κ3) is 4.16. The number of nitrogens with one attached hydrogen (secondary N) is 1. The number of hydrogen-bond acceptors (Lipinski definition) is 3. The number of rotatable bonds is 3. The highest BCUT2D eigenvalue weighted by molar-refractivity contribution is 14.1. The first-order valence-electron chi connectivity index (χ1n) is 5.66. The van der Waals surface area contributed by atoms with Crippen LogP contribution < -0.4 is 10.5 Å². The Labute approximate surface area is 140 Å². The highest BCUT2D eigenvalue weighted by Crippen LogP contribution is 2.20. The lowest BCUT2D eigenvalue weighted by molar-refractivity contribution is 0.102. The molecule has 2 aromatic carbocycles. The fourth-order valence-corrected chi connectivity index (χ4v) is 2.60. The van der Waals surface area contributed by atoms with Gasteiger partial charge in [-0.25, -0.2) is 13.6 Å². The van der Waals surface area contributed by atoms with E-state index in [1.807, 2.05) is 0 Å². The molecule has 0 aliphatic carbocycles. The van der Waals surface area contributed by atoms with Crippen molar-refractivity contribution < 1.29 is 13.2 Å². The zero-order valence-electron chi connectivity index (χ0n) is 10.5. The fraction of sp³-hybridized carbons (Fsp3) is 0. The van der Waals surface area contributed by atoms with Crippen LogP contribution in [0.1, 0.15) is 10.4 Å². The van der Waals surface area contributed by atoms with Gasteiger partial charge in [0.2, 0.25) is 10.0 Å². The van der Waals surface area contributed by atoms with Gasteiger partial charge in [-0.15, -0.1) is 0 Å². The third-order valence-electron chi connectivity index (χ3n) is 2.62. The molecule has 0 aliphatic heterocycles. The van der Waals surface area contributed by atoms with Gasteiger partial charge in [0, 0.05) is 14.8 Å². The summed E-state index contributed by atoms with van der Waals surface area (Å²) >= 11 is 8.03. The number of hydrogen-bond donors (Lipinski definition) is 2. The van der Waals surface area contributed by atoms with Crippen LogP contribution in [0.25, 0.3) is 0 Å². The van der Waals surface area contributed by atoms with Crippen LogP contribution in [0.5, 0.6) is 0 Å². The molecule has 0 radical (unpaired) electrons. The number of sulfonamides is 1. The van der Waals surface area contributed by atoms with Crippen molar-refractivity contribution >= 4 is 55.8 Å². The molecule has 5 nitrogen and oxygen atoms in total. The van der Waals surface area contributed by atoms with Crippen molar-refractivity contribution in [3.63, 3.8) is 0 Å². The smallest absolute Gasteiger partial charge is 0.255 e. The molecule has 0 saturated carbocycles. The minimum Gasteiger partial charge on any atom is -0.322 e. The summed E-state index contributed by atoms with van der Waals surface area (Å²) in [5.41, 5.74) is 0.873. The van der Waals surface area contributed by atoms with E-state index in [0.717, 1.165) is 3.57 Å². The first kappa shape index (κ1) is 16.2. The minimum absolute atomic E-state index is 0.0159. The second kappa shape index (κ2) is 6.30. The van der Waals surface area contributed by atoms with Crippen LogP contribution in [0.15, 0.2) is 47.4 Å². The fourth-order valence-electron chi connectivity index (χ4n) is 1.57. The molecule has 0 saturated heterocycles. The zero-order chi connectivity index (χ0) is 15.6. The van der Waals surface area contributed by atoms with E-state index < -0.39 is 10.0 Å². The van der Waals surface area contributed by atoms with Gasteiger partial charge in [-0.1, -0.05) is 11.6 Å². The predicted molar refractivity (Wildman–Crippen MR) is 89.9 cm³/mol. The molecule has 2 aromatic rings. The summed E-state index contributed by atoms with van der Waals surface area (Å²) in [4.78, 5) is 12.0. The van der Waals surface area contributed by atoms with Gasteiger partial charge in [0.25, 0.3) is 5.91 Å². The minimum atomic E-state index is -3.74. The highest BCUT2D eigenvalue weighted by atomic mass is 127. The van der Waals surface area contributed by atoms with E-state index in [2.05, 4.69) is 27.9 Å². The molecule has 0 aromatic heterocycles. The maximum atomic E-state index is 12.0. The van der Waals surface area contributed by atoms with Crippen LogP contribution in [-0.4, -0.2) is 14.3 Å². The van der Waals surface area contributed by atoms with E-state index in [1.165, 1.54) is 24.3 Å². The van der Waals surface area contributed by atoms with E-state index in [-0.39, 0.29) is 10.8 Å². The quantitative estimate of drug-likeness (QED) is 0.725. The van der Waals surface area contributed by atoms with E-state index in [0.29, 0.717) is 16.3 Å². The molecule has 0 fully saturated rings. The molecular formula is C13H10ClIN2O3S. The summed E-state index contributed by atoms with van der Waals surface area (Å²) in [6.07, 6.45) is 0. The molecular weight excluding hydrogens is 427 g/mol. The van der Waals surface area contributed by atoms with Crippen LogP contribution in [0.3, 0.4) is 0 Å². The van der Waals surface area contributed by atoms with Gasteiger partial charge in [0.05, 0.1) is 9.92 Å². The Morgan fingerprint density at radius 1 is 1.14 bits per heavy atom.